The van der Waals surface area contributed by atoms with Crippen LogP contribution in [-0.2, 0) is 0 Å². The van der Waals surface area contributed by atoms with Gasteiger partial charge in [-0.25, -0.2) is 0 Å². The molecule has 1 aromatic carbocycles. The lowest BCUT2D eigenvalue weighted by Gasteiger charge is -2.08. The zero-order valence-electron chi connectivity index (χ0n) is 7.26. The number of terminal acetylenes is 1. The molecule has 0 heterocycles. The Kier molecular flexibility index (Phi) is 3.24. The standard InChI is InChI=1S/C11H7F2O/c1-3-8-6-5-7-10(9(8)4-2)14-11(12)13/h2,5-7,11H,1H2. The van der Waals surface area contributed by atoms with Gasteiger partial charge in [0, 0.05) is 5.56 Å². The van der Waals surface area contributed by atoms with Gasteiger partial charge in [-0.05, 0) is 12.1 Å². The van der Waals surface area contributed by atoms with Gasteiger partial charge in [0.25, 0.3) is 0 Å². The van der Waals surface area contributed by atoms with Crippen molar-refractivity contribution in [3.63, 3.8) is 0 Å². The molecule has 0 aliphatic carbocycles. The SMILES string of the molecule is C#Cc1c([C]=C)cccc1OC(F)F. The zero-order chi connectivity index (χ0) is 10.6. The maximum absolute atomic E-state index is 11.9. The summed E-state index contributed by atoms with van der Waals surface area (Å²) in [6.07, 6.45) is 7.70. The lowest BCUT2D eigenvalue weighted by Crippen LogP contribution is -2.04. The lowest BCUT2D eigenvalue weighted by molar-refractivity contribution is -0.0500. The number of rotatable bonds is 3. The van der Waals surface area contributed by atoms with Crippen LogP contribution in [0.2, 0.25) is 0 Å². The van der Waals surface area contributed by atoms with E-state index < -0.39 is 6.61 Å². The van der Waals surface area contributed by atoms with Gasteiger partial charge in [0.2, 0.25) is 0 Å². The molecule has 0 aliphatic rings. The maximum atomic E-state index is 11.9. The fourth-order valence-electron chi connectivity index (χ4n) is 1.02. The third kappa shape index (κ3) is 2.11. The van der Waals surface area contributed by atoms with Crippen LogP contribution in [0.25, 0.3) is 0 Å². The number of ether oxygens (including phenoxy) is 1. The normalized spacial score (nSPS) is 9.57. The molecular weight excluding hydrogens is 186 g/mol. The van der Waals surface area contributed by atoms with Crippen LogP contribution in [0, 0.1) is 18.4 Å². The Bertz CT molecular complexity index is 377. The second-order valence-corrected chi connectivity index (χ2v) is 2.38. The highest BCUT2D eigenvalue weighted by Gasteiger charge is 2.09. The Balaban J connectivity index is 3.17. The van der Waals surface area contributed by atoms with Gasteiger partial charge in [0.1, 0.15) is 5.75 Å². The molecule has 0 bridgehead atoms. The molecule has 0 atom stereocenters. The molecule has 0 fully saturated rings. The van der Waals surface area contributed by atoms with E-state index in [0.29, 0.717) is 5.56 Å². The van der Waals surface area contributed by atoms with E-state index >= 15 is 0 Å². The number of alkyl halides is 2. The van der Waals surface area contributed by atoms with Gasteiger partial charge in [-0.2, -0.15) is 8.78 Å². The number of hydrogen-bond donors (Lipinski definition) is 0. The molecule has 0 saturated heterocycles. The van der Waals surface area contributed by atoms with E-state index in [4.69, 9.17) is 6.42 Å². The van der Waals surface area contributed by atoms with Crippen molar-refractivity contribution in [3.8, 4) is 18.1 Å². The van der Waals surface area contributed by atoms with Crippen LogP contribution in [-0.4, -0.2) is 6.61 Å². The van der Waals surface area contributed by atoms with Crippen molar-refractivity contribution in [1.29, 1.82) is 0 Å². The van der Waals surface area contributed by atoms with Crippen molar-refractivity contribution in [3.05, 3.63) is 42.0 Å². The van der Waals surface area contributed by atoms with Crippen LogP contribution in [0.1, 0.15) is 11.1 Å². The molecule has 0 aromatic heterocycles. The monoisotopic (exact) mass is 193 g/mol. The molecule has 1 nitrogen and oxygen atoms in total. The molecular formula is C11H7F2O. The first-order chi connectivity index (χ1) is 6.69. The summed E-state index contributed by atoms with van der Waals surface area (Å²) in [5.41, 5.74) is 0.716. The van der Waals surface area contributed by atoms with Crippen LogP contribution in [0.15, 0.2) is 24.8 Å². The summed E-state index contributed by atoms with van der Waals surface area (Å²) < 4.78 is 28.1. The molecule has 14 heavy (non-hydrogen) atoms. The number of hydrogen-bond acceptors (Lipinski definition) is 1. The van der Waals surface area contributed by atoms with Gasteiger partial charge < -0.3 is 4.74 Å². The third-order valence-corrected chi connectivity index (χ3v) is 1.58. The first kappa shape index (κ1) is 10.3. The molecule has 0 N–H and O–H groups in total. The van der Waals surface area contributed by atoms with Crippen LogP contribution < -0.4 is 4.74 Å². The first-order valence-electron chi connectivity index (χ1n) is 3.76. The molecule has 0 aliphatic heterocycles. The van der Waals surface area contributed by atoms with Gasteiger partial charge in [-0.3, -0.25) is 0 Å². The van der Waals surface area contributed by atoms with Gasteiger partial charge >= 0.3 is 6.61 Å². The summed E-state index contributed by atoms with van der Waals surface area (Å²) in [6.45, 7) is 0.509. The Hall–Kier alpha value is -1.82. The number of benzene rings is 1. The Morgan fingerprint density at radius 2 is 2.14 bits per heavy atom. The average Bonchev–Trinajstić information content (AvgIpc) is 2.16. The summed E-state index contributed by atoms with van der Waals surface area (Å²) in [4.78, 5) is 0. The van der Waals surface area contributed by atoms with E-state index in [1.165, 1.54) is 6.07 Å². The number of halogens is 2. The second kappa shape index (κ2) is 4.43. The fraction of sp³-hybridized carbons (Fsp3) is 0.0909. The van der Waals surface area contributed by atoms with Gasteiger partial charge in [0.15, 0.2) is 0 Å². The van der Waals surface area contributed by atoms with E-state index in [-0.39, 0.29) is 11.3 Å². The third-order valence-electron chi connectivity index (χ3n) is 1.58. The van der Waals surface area contributed by atoms with Crippen LogP contribution in [0.5, 0.6) is 5.75 Å². The highest BCUT2D eigenvalue weighted by atomic mass is 19.3. The molecule has 3 heteroatoms. The highest BCUT2D eigenvalue weighted by Crippen LogP contribution is 2.23. The van der Waals surface area contributed by atoms with Crippen LogP contribution >= 0.6 is 0 Å². The van der Waals surface area contributed by atoms with Gasteiger partial charge in [0.05, 0.1) is 5.56 Å². The predicted molar refractivity (Wildman–Crippen MR) is 49.0 cm³/mol. The summed E-state index contributed by atoms with van der Waals surface area (Å²) in [7, 11) is 0. The first-order valence-corrected chi connectivity index (χ1v) is 3.76. The van der Waals surface area contributed by atoms with Crippen molar-refractivity contribution in [1.82, 2.24) is 0 Å². The van der Waals surface area contributed by atoms with E-state index in [1.54, 1.807) is 12.1 Å². The lowest BCUT2D eigenvalue weighted by atomic mass is 10.1. The zero-order valence-corrected chi connectivity index (χ0v) is 7.26. The van der Waals surface area contributed by atoms with Gasteiger partial charge in [-0.1, -0.05) is 24.6 Å². The molecule has 1 aromatic rings. The van der Waals surface area contributed by atoms with Gasteiger partial charge in [-0.15, -0.1) is 6.42 Å². The van der Waals surface area contributed by atoms with Crippen molar-refractivity contribution in [2.24, 2.45) is 0 Å². The van der Waals surface area contributed by atoms with Crippen LogP contribution in [0.3, 0.4) is 0 Å². The van der Waals surface area contributed by atoms with Crippen molar-refractivity contribution in [2.75, 3.05) is 0 Å². The van der Waals surface area contributed by atoms with E-state index in [0.717, 1.165) is 0 Å². The average molecular weight is 193 g/mol. The minimum atomic E-state index is -2.89. The fourth-order valence-corrected chi connectivity index (χ4v) is 1.02. The molecule has 71 valence electrons. The Labute approximate surface area is 81.0 Å². The maximum Gasteiger partial charge on any atom is 0.387 e. The predicted octanol–water partition coefficient (Wildman–Crippen LogP) is 2.61. The smallest absolute Gasteiger partial charge is 0.387 e. The molecule has 0 saturated carbocycles. The van der Waals surface area contributed by atoms with Crippen molar-refractivity contribution in [2.45, 2.75) is 6.61 Å². The Morgan fingerprint density at radius 1 is 1.43 bits per heavy atom. The molecule has 0 amide bonds. The molecule has 1 rings (SSSR count). The van der Waals surface area contributed by atoms with Crippen LogP contribution in [0.4, 0.5) is 8.78 Å². The van der Waals surface area contributed by atoms with E-state index in [2.05, 4.69) is 23.3 Å². The van der Waals surface area contributed by atoms with E-state index in [9.17, 15) is 8.78 Å². The molecule has 0 unspecified atom stereocenters. The molecule has 1 radical (unpaired) electrons. The van der Waals surface area contributed by atoms with E-state index in [1.807, 2.05) is 0 Å². The largest absolute Gasteiger partial charge is 0.433 e. The topological polar surface area (TPSA) is 9.23 Å². The highest BCUT2D eigenvalue weighted by molar-refractivity contribution is 5.52. The molecule has 0 spiro atoms. The van der Waals surface area contributed by atoms with Crippen molar-refractivity contribution < 1.29 is 13.5 Å². The summed E-state index contributed by atoms with van der Waals surface area (Å²) in [6, 6.07) is 4.55. The minimum absolute atomic E-state index is 0.0313. The summed E-state index contributed by atoms with van der Waals surface area (Å²) in [5.74, 6) is 2.23. The summed E-state index contributed by atoms with van der Waals surface area (Å²) in [5, 5.41) is 0. The minimum Gasteiger partial charge on any atom is -0.433 e. The Morgan fingerprint density at radius 3 is 2.64 bits per heavy atom. The quantitative estimate of drug-likeness (QED) is 0.670. The second-order valence-electron chi connectivity index (χ2n) is 2.38. The van der Waals surface area contributed by atoms with Crippen molar-refractivity contribution >= 4 is 0 Å². The summed E-state index contributed by atoms with van der Waals surface area (Å²) >= 11 is 0.